The predicted molar refractivity (Wildman–Crippen MR) is 189 cm³/mol. The van der Waals surface area contributed by atoms with Crippen molar-refractivity contribution in [1.29, 1.82) is 0 Å². The van der Waals surface area contributed by atoms with Gasteiger partial charge in [-0.2, -0.15) is 0 Å². The van der Waals surface area contributed by atoms with Gasteiger partial charge in [0.1, 0.15) is 17.2 Å². The molecule has 2 aliphatic rings. The molecule has 0 saturated heterocycles. The zero-order valence-corrected chi connectivity index (χ0v) is 26.6. The molecule has 0 saturated carbocycles. The van der Waals surface area contributed by atoms with Crippen LogP contribution in [0.5, 0.6) is 17.2 Å². The van der Waals surface area contributed by atoms with Crippen LogP contribution in [0.3, 0.4) is 0 Å². The Kier molecular flexibility index (Phi) is 8.74. The number of rotatable bonds is 11. The third-order valence-electron chi connectivity index (χ3n) is 7.81. The number of hydrogen-bond acceptors (Lipinski definition) is 8. The first-order chi connectivity index (χ1) is 24.7. The van der Waals surface area contributed by atoms with E-state index in [9.17, 15) is 29.7 Å². The van der Waals surface area contributed by atoms with Gasteiger partial charge in [0, 0.05) is 45.3 Å². The normalized spacial score (nSPS) is 11.7. The van der Waals surface area contributed by atoms with Crippen LogP contribution in [0.25, 0.3) is 68.6 Å². The zero-order valence-electron chi connectivity index (χ0n) is 26.6. The summed E-state index contributed by atoms with van der Waals surface area (Å²) in [5.74, 6) is -4.02. The Morgan fingerprint density at radius 1 is 0.549 bits per heavy atom. The Morgan fingerprint density at radius 2 is 1.04 bits per heavy atom. The molecule has 5 N–H and O–H groups in total. The van der Waals surface area contributed by atoms with Crippen molar-refractivity contribution in [1.82, 2.24) is 19.9 Å². The van der Waals surface area contributed by atoms with Gasteiger partial charge < -0.3 is 39.5 Å². The van der Waals surface area contributed by atoms with E-state index >= 15 is 0 Å². The quantitative estimate of drug-likeness (QED) is 0.101. The summed E-state index contributed by atoms with van der Waals surface area (Å²) < 4.78 is 16.8. The van der Waals surface area contributed by atoms with Gasteiger partial charge >= 0.3 is 17.9 Å². The number of nitrogens with one attached hydrogen (secondary N) is 2. The average Bonchev–Trinajstić information content (AvgIpc) is 3.94. The third-order valence-corrected chi connectivity index (χ3v) is 7.81. The van der Waals surface area contributed by atoms with Gasteiger partial charge in [0.2, 0.25) is 0 Å². The fourth-order valence-electron chi connectivity index (χ4n) is 5.79. The fraction of sp³-hybridized carbons (Fsp3) is 0.0789. The first-order valence-electron chi connectivity index (χ1n) is 15.6. The highest BCUT2D eigenvalue weighted by Gasteiger charge is 2.24. The molecule has 2 aromatic carbocycles. The van der Waals surface area contributed by atoms with Crippen LogP contribution in [0.1, 0.15) is 22.8 Å². The van der Waals surface area contributed by atoms with Crippen LogP contribution in [0, 0.1) is 0 Å². The fourth-order valence-corrected chi connectivity index (χ4v) is 5.79. The van der Waals surface area contributed by atoms with Crippen LogP contribution < -0.4 is 14.2 Å². The molecular formula is C38H28N4O9. The van der Waals surface area contributed by atoms with E-state index in [1.165, 1.54) is 12.1 Å². The number of H-pyrrole nitrogens is 2. The van der Waals surface area contributed by atoms with Crippen molar-refractivity contribution in [3.05, 3.63) is 102 Å². The zero-order chi connectivity index (χ0) is 35.5. The summed E-state index contributed by atoms with van der Waals surface area (Å²) in [5.41, 5.74) is 7.72. The van der Waals surface area contributed by atoms with Gasteiger partial charge in [-0.25, -0.2) is 24.4 Å². The lowest BCUT2D eigenvalue weighted by Gasteiger charge is -2.18. The van der Waals surface area contributed by atoms with Gasteiger partial charge in [-0.05, 0) is 66.3 Å². The predicted octanol–water partition coefficient (Wildman–Crippen LogP) is 6.38. The number of ether oxygens (including phenoxy) is 3. The van der Waals surface area contributed by atoms with E-state index < -0.39 is 37.7 Å². The summed E-state index contributed by atoms with van der Waals surface area (Å²) in [4.78, 5) is 51.3. The Labute approximate surface area is 288 Å². The number of nitrogens with zero attached hydrogens (tertiary/aromatic N) is 2. The molecule has 0 amide bonds. The molecule has 51 heavy (non-hydrogen) atoms. The van der Waals surface area contributed by atoms with Crippen molar-refractivity contribution in [2.24, 2.45) is 0 Å². The SMILES string of the molecule is O=C(O)COc1cc(OCC(=O)O)c(-c2c3nc(cc4ccc([nH]4)c(-c4ccccc4)c4nc(cc5ccc2[nH]5)C=C4)C=C3)c(OCC(=O)O)c1. The molecule has 3 aromatic heterocycles. The van der Waals surface area contributed by atoms with E-state index in [0.717, 1.165) is 27.9 Å². The summed E-state index contributed by atoms with van der Waals surface area (Å²) in [5, 5.41) is 28.2. The van der Waals surface area contributed by atoms with Crippen LogP contribution in [0.4, 0.5) is 0 Å². The van der Waals surface area contributed by atoms with Crippen molar-refractivity contribution >= 4 is 64.3 Å². The van der Waals surface area contributed by atoms with Crippen LogP contribution >= 0.6 is 0 Å². The maximum absolute atomic E-state index is 11.6. The Morgan fingerprint density at radius 3 is 1.57 bits per heavy atom. The second-order valence-electron chi connectivity index (χ2n) is 11.4. The second kappa shape index (κ2) is 13.8. The van der Waals surface area contributed by atoms with E-state index in [-0.39, 0.29) is 22.8 Å². The van der Waals surface area contributed by atoms with Gasteiger partial charge in [0.15, 0.2) is 19.8 Å². The number of benzene rings is 2. The minimum atomic E-state index is -1.28. The van der Waals surface area contributed by atoms with E-state index in [1.54, 1.807) is 18.2 Å². The third kappa shape index (κ3) is 7.17. The number of aliphatic carboxylic acids is 3. The lowest BCUT2D eigenvalue weighted by molar-refractivity contribution is -0.140. The monoisotopic (exact) mass is 684 g/mol. The Hall–Kier alpha value is -7.15. The molecule has 8 bridgehead atoms. The minimum Gasteiger partial charge on any atom is -0.482 e. The molecule has 0 aliphatic carbocycles. The highest BCUT2D eigenvalue weighted by molar-refractivity contribution is 5.96. The summed E-state index contributed by atoms with van der Waals surface area (Å²) in [6, 6.07) is 23.9. The maximum atomic E-state index is 11.6. The smallest absolute Gasteiger partial charge is 0.341 e. The van der Waals surface area contributed by atoms with Gasteiger partial charge in [0.25, 0.3) is 0 Å². The molecule has 13 nitrogen and oxygen atoms in total. The van der Waals surface area contributed by atoms with Gasteiger partial charge in [-0.1, -0.05) is 30.3 Å². The number of fused-ring (bicyclic) bond motifs is 8. The Balaban J connectivity index is 1.53. The van der Waals surface area contributed by atoms with Crippen molar-refractivity contribution in [2.45, 2.75) is 0 Å². The van der Waals surface area contributed by atoms with Gasteiger partial charge in [0.05, 0.1) is 28.3 Å². The summed E-state index contributed by atoms with van der Waals surface area (Å²) in [7, 11) is 0. The molecule has 254 valence electrons. The number of carbonyl (C=O) groups is 3. The molecule has 7 rings (SSSR count). The molecule has 5 aromatic rings. The number of hydrogen-bond donors (Lipinski definition) is 5. The highest BCUT2D eigenvalue weighted by atomic mass is 16.5. The van der Waals surface area contributed by atoms with E-state index in [1.807, 2.05) is 72.8 Å². The van der Waals surface area contributed by atoms with Gasteiger partial charge in [-0.3, -0.25) is 0 Å². The molecule has 5 heterocycles. The van der Waals surface area contributed by atoms with E-state index in [2.05, 4.69) is 9.97 Å². The van der Waals surface area contributed by atoms with E-state index in [0.29, 0.717) is 33.7 Å². The van der Waals surface area contributed by atoms with Gasteiger partial charge in [-0.15, -0.1) is 0 Å². The number of carboxylic acid groups (broad SMARTS) is 3. The van der Waals surface area contributed by atoms with Crippen LogP contribution in [-0.4, -0.2) is 73.0 Å². The van der Waals surface area contributed by atoms with Crippen molar-refractivity contribution in [3.63, 3.8) is 0 Å². The average molecular weight is 685 g/mol. The molecule has 0 atom stereocenters. The number of aromatic amines is 2. The molecule has 0 spiro atoms. The van der Waals surface area contributed by atoms with Crippen molar-refractivity contribution in [2.75, 3.05) is 19.8 Å². The maximum Gasteiger partial charge on any atom is 0.341 e. The van der Waals surface area contributed by atoms with Crippen molar-refractivity contribution in [3.8, 4) is 39.5 Å². The number of aromatic nitrogens is 4. The van der Waals surface area contributed by atoms with Crippen LogP contribution in [0.2, 0.25) is 0 Å². The first kappa shape index (κ1) is 32.4. The summed E-state index contributed by atoms with van der Waals surface area (Å²) in [6.07, 6.45) is 7.43. The van der Waals surface area contributed by atoms with E-state index in [4.69, 9.17) is 24.2 Å². The molecule has 0 fully saturated rings. The molecule has 0 radical (unpaired) electrons. The lowest BCUT2D eigenvalue weighted by Crippen LogP contribution is -2.14. The van der Waals surface area contributed by atoms with Crippen LogP contribution in [0.15, 0.2) is 78.9 Å². The molecular weight excluding hydrogens is 656 g/mol. The van der Waals surface area contributed by atoms with Crippen LogP contribution in [-0.2, 0) is 14.4 Å². The standard InChI is InChI=1S/C38H28N4O9/c43-33(44)18-49-26-16-31(50-19-34(45)46)38(32(17-26)51-20-35(47)48)37-29-12-8-24(41-29)14-22-6-10-27(39-22)36(21-4-2-1-3-5-21)28-11-7-23(40-28)15-25-9-13-30(37)42-25/h1-17,39,42H,18-20H2,(H,43,44)(H,45,46)(H,47,48). The number of carboxylic acids is 3. The first-order valence-corrected chi connectivity index (χ1v) is 15.6. The molecule has 2 aliphatic heterocycles. The summed E-state index contributed by atoms with van der Waals surface area (Å²) >= 11 is 0. The Bertz CT molecular complexity index is 2390. The lowest BCUT2D eigenvalue weighted by atomic mass is 10.0. The van der Waals surface area contributed by atoms with Crippen molar-refractivity contribution < 1.29 is 43.9 Å². The highest BCUT2D eigenvalue weighted by Crippen LogP contribution is 2.45. The largest absolute Gasteiger partial charge is 0.482 e. The molecule has 13 heteroatoms. The topological polar surface area (TPSA) is 197 Å². The second-order valence-corrected chi connectivity index (χ2v) is 11.4. The summed E-state index contributed by atoms with van der Waals surface area (Å²) in [6.45, 7) is -2.28. The minimum absolute atomic E-state index is 0.0481. The molecule has 0 unspecified atom stereocenters.